The fourth-order valence-corrected chi connectivity index (χ4v) is 4.14. The van der Waals surface area contributed by atoms with Gasteiger partial charge in [-0.2, -0.15) is 0 Å². The molecule has 1 aromatic carbocycles. The average Bonchev–Trinajstić information content (AvgIpc) is 3.20. The van der Waals surface area contributed by atoms with Gasteiger partial charge in [-0.25, -0.2) is 0 Å². The number of pyridine rings is 1. The summed E-state index contributed by atoms with van der Waals surface area (Å²) in [4.78, 5) is 31.2. The number of ether oxygens (including phenoxy) is 2. The lowest BCUT2D eigenvalue weighted by atomic mass is 10.0. The number of carbonyl (C=O) groups is 1. The van der Waals surface area contributed by atoms with E-state index < -0.39 is 0 Å². The maximum atomic E-state index is 13.2. The first kappa shape index (κ1) is 22.9. The number of rotatable bonds is 6. The first-order valence-corrected chi connectivity index (χ1v) is 11.4. The molecule has 1 aliphatic heterocycles. The second kappa shape index (κ2) is 9.67. The van der Waals surface area contributed by atoms with E-state index >= 15 is 0 Å². The van der Waals surface area contributed by atoms with Crippen LogP contribution < -0.4 is 10.3 Å². The van der Waals surface area contributed by atoms with Crippen LogP contribution in [-0.4, -0.2) is 52.8 Å². The van der Waals surface area contributed by atoms with E-state index in [1.807, 2.05) is 70.3 Å². The number of amides is 1. The molecule has 1 N–H and O–H groups in total. The number of morpholine rings is 1. The van der Waals surface area contributed by atoms with Gasteiger partial charge in [0.1, 0.15) is 11.3 Å². The molecule has 2 aromatic heterocycles. The molecular weight excluding hydrogens is 418 g/mol. The van der Waals surface area contributed by atoms with Crippen LogP contribution in [0.25, 0.3) is 22.0 Å². The number of aromatic nitrogens is 2. The predicted octanol–water partition coefficient (Wildman–Crippen LogP) is 4.14. The summed E-state index contributed by atoms with van der Waals surface area (Å²) in [5, 5.41) is 0.858. The number of benzene rings is 1. The highest BCUT2D eigenvalue weighted by Gasteiger charge is 2.23. The van der Waals surface area contributed by atoms with Crippen molar-refractivity contribution in [3.05, 3.63) is 64.2 Å². The van der Waals surface area contributed by atoms with Gasteiger partial charge in [-0.1, -0.05) is 18.2 Å². The molecule has 3 aromatic rings. The van der Waals surface area contributed by atoms with E-state index in [0.717, 1.165) is 22.2 Å². The van der Waals surface area contributed by atoms with Crippen molar-refractivity contribution >= 4 is 16.8 Å². The van der Waals surface area contributed by atoms with Crippen LogP contribution in [0.5, 0.6) is 5.75 Å². The van der Waals surface area contributed by atoms with Crippen molar-refractivity contribution in [3.8, 4) is 16.9 Å². The minimum absolute atomic E-state index is 0.0545. The molecule has 174 valence electrons. The summed E-state index contributed by atoms with van der Waals surface area (Å²) in [6, 6.07) is 7.66. The number of nitrogens with one attached hydrogen (secondary N) is 1. The van der Waals surface area contributed by atoms with Crippen molar-refractivity contribution in [2.24, 2.45) is 0 Å². The van der Waals surface area contributed by atoms with Crippen LogP contribution in [0.4, 0.5) is 0 Å². The Morgan fingerprint density at radius 3 is 2.70 bits per heavy atom. The summed E-state index contributed by atoms with van der Waals surface area (Å²) in [6.45, 7) is 10.5. The molecule has 7 nitrogen and oxygen atoms in total. The fourth-order valence-electron chi connectivity index (χ4n) is 4.14. The molecule has 0 saturated carbocycles. The van der Waals surface area contributed by atoms with Crippen LogP contribution in [0, 0.1) is 6.92 Å². The Hall–Kier alpha value is -3.32. The van der Waals surface area contributed by atoms with Crippen molar-refractivity contribution in [1.82, 2.24) is 14.5 Å². The molecule has 1 saturated heterocycles. The van der Waals surface area contributed by atoms with Gasteiger partial charge in [0.05, 0.1) is 24.9 Å². The van der Waals surface area contributed by atoms with Crippen molar-refractivity contribution in [1.29, 1.82) is 0 Å². The summed E-state index contributed by atoms with van der Waals surface area (Å²) in [5.74, 6) is 0.492. The molecular formula is C26H31N3O4. The van der Waals surface area contributed by atoms with Crippen LogP contribution in [0.1, 0.15) is 36.8 Å². The molecule has 0 unspecified atom stereocenters. The van der Waals surface area contributed by atoms with Crippen LogP contribution >= 0.6 is 0 Å². The summed E-state index contributed by atoms with van der Waals surface area (Å²) >= 11 is 0. The molecule has 33 heavy (non-hydrogen) atoms. The SMILES string of the molecule is CC=CCn1cc(-c2ccc(C(=O)N3CCOCC3)c(OC(C)C)c2)c2cc(C)[nH]c2c1=O. The minimum Gasteiger partial charge on any atom is -0.490 e. The van der Waals surface area contributed by atoms with E-state index in [1.54, 1.807) is 9.47 Å². The first-order chi connectivity index (χ1) is 15.9. The second-order valence-corrected chi connectivity index (χ2v) is 8.59. The molecule has 0 radical (unpaired) electrons. The van der Waals surface area contributed by atoms with E-state index in [-0.39, 0.29) is 17.6 Å². The Balaban J connectivity index is 1.84. The van der Waals surface area contributed by atoms with Crippen LogP contribution in [-0.2, 0) is 11.3 Å². The molecule has 0 bridgehead atoms. The zero-order valence-corrected chi connectivity index (χ0v) is 19.7. The van der Waals surface area contributed by atoms with Gasteiger partial charge in [0, 0.05) is 42.5 Å². The summed E-state index contributed by atoms with van der Waals surface area (Å²) < 4.78 is 13.2. The van der Waals surface area contributed by atoms with Crippen molar-refractivity contribution in [2.75, 3.05) is 26.3 Å². The lowest BCUT2D eigenvalue weighted by Gasteiger charge is -2.28. The molecule has 7 heteroatoms. The zero-order chi connectivity index (χ0) is 23.5. The predicted molar refractivity (Wildman–Crippen MR) is 130 cm³/mol. The van der Waals surface area contributed by atoms with Crippen molar-refractivity contribution in [2.45, 2.75) is 40.3 Å². The third-order valence-electron chi connectivity index (χ3n) is 5.72. The second-order valence-electron chi connectivity index (χ2n) is 8.59. The molecule has 1 aliphatic rings. The summed E-state index contributed by atoms with van der Waals surface area (Å²) in [5.41, 5.74) is 3.79. The van der Waals surface area contributed by atoms with E-state index in [1.165, 1.54) is 0 Å². The Morgan fingerprint density at radius 2 is 2.00 bits per heavy atom. The number of aromatic amines is 1. The number of aryl methyl sites for hydroxylation is 1. The monoisotopic (exact) mass is 449 g/mol. The summed E-state index contributed by atoms with van der Waals surface area (Å²) in [6.07, 6.45) is 5.67. The molecule has 0 aliphatic carbocycles. The highest BCUT2D eigenvalue weighted by molar-refractivity contribution is 5.99. The van der Waals surface area contributed by atoms with Gasteiger partial charge in [0.25, 0.3) is 11.5 Å². The molecule has 4 rings (SSSR count). The number of hydrogen-bond acceptors (Lipinski definition) is 4. The third kappa shape index (κ3) is 4.73. The third-order valence-corrected chi connectivity index (χ3v) is 5.72. The van der Waals surface area contributed by atoms with E-state index in [4.69, 9.17) is 9.47 Å². The van der Waals surface area contributed by atoms with Gasteiger partial charge in [0.2, 0.25) is 0 Å². The molecule has 3 heterocycles. The topological polar surface area (TPSA) is 76.6 Å². The standard InChI is InChI=1S/C26H31N3O4/c1-5-6-9-29-16-22(21-14-18(4)27-24(21)26(29)31)19-7-8-20(23(15-19)33-17(2)3)25(30)28-10-12-32-13-11-28/h5-8,14-17,27H,9-13H2,1-4H3. The molecule has 1 fully saturated rings. The molecule has 1 amide bonds. The van der Waals surface area contributed by atoms with Gasteiger partial charge in [0.15, 0.2) is 0 Å². The van der Waals surface area contributed by atoms with E-state index in [2.05, 4.69) is 4.98 Å². The van der Waals surface area contributed by atoms with Gasteiger partial charge < -0.3 is 23.9 Å². The average molecular weight is 450 g/mol. The Kier molecular flexibility index (Phi) is 6.70. The number of allylic oxidation sites excluding steroid dienone is 2. The van der Waals surface area contributed by atoms with Gasteiger partial charge in [-0.15, -0.1) is 0 Å². The number of H-pyrrole nitrogens is 1. The lowest BCUT2D eigenvalue weighted by Crippen LogP contribution is -2.40. The Morgan fingerprint density at radius 1 is 1.24 bits per heavy atom. The maximum Gasteiger partial charge on any atom is 0.275 e. The minimum atomic E-state index is -0.0883. The number of nitrogens with zero attached hydrogens (tertiary/aromatic N) is 2. The Labute approximate surface area is 193 Å². The van der Waals surface area contributed by atoms with Crippen LogP contribution in [0.2, 0.25) is 0 Å². The number of fused-ring (bicyclic) bond motifs is 1. The van der Waals surface area contributed by atoms with E-state index in [9.17, 15) is 9.59 Å². The largest absolute Gasteiger partial charge is 0.490 e. The van der Waals surface area contributed by atoms with Gasteiger partial charge in [-0.05, 0) is 51.5 Å². The zero-order valence-electron chi connectivity index (χ0n) is 19.7. The highest BCUT2D eigenvalue weighted by atomic mass is 16.5. The van der Waals surface area contributed by atoms with Gasteiger partial charge in [-0.3, -0.25) is 9.59 Å². The Bertz CT molecular complexity index is 1250. The number of carbonyl (C=O) groups excluding carboxylic acids is 1. The maximum absolute atomic E-state index is 13.2. The first-order valence-electron chi connectivity index (χ1n) is 11.4. The van der Waals surface area contributed by atoms with Crippen LogP contribution in [0.15, 0.2) is 47.4 Å². The van der Waals surface area contributed by atoms with Gasteiger partial charge >= 0.3 is 0 Å². The van der Waals surface area contributed by atoms with Crippen molar-refractivity contribution in [3.63, 3.8) is 0 Å². The normalized spacial score (nSPS) is 14.5. The lowest BCUT2D eigenvalue weighted by molar-refractivity contribution is 0.0299. The fraction of sp³-hybridized carbons (Fsp3) is 0.385. The quantitative estimate of drug-likeness (QED) is 0.574. The molecule has 0 spiro atoms. The highest BCUT2D eigenvalue weighted by Crippen LogP contribution is 2.33. The summed E-state index contributed by atoms with van der Waals surface area (Å²) in [7, 11) is 0. The molecule has 0 atom stereocenters. The smallest absolute Gasteiger partial charge is 0.275 e. The van der Waals surface area contributed by atoms with Crippen molar-refractivity contribution < 1.29 is 14.3 Å². The number of hydrogen-bond donors (Lipinski definition) is 1. The van der Waals surface area contributed by atoms with Crippen LogP contribution in [0.3, 0.4) is 0 Å². The van der Waals surface area contributed by atoms with E-state index in [0.29, 0.717) is 49.7 Å².